The van der Waals surface area contributed by atoms with Crippen molar-refractivity contribution in [1.29, 1.82) is 0 Å². The average Bonchev–Trinajstić information content (AvgIpc) is 3.12. The van der Waals surface area contributed by atoms with Crippen molar-refractivity contribution in [1.82, 2.24) is 9.62 Å². The number of nitrogens with one attached hydrogen (secondary N) is 1. The van der Waals surface area contributed by atoms with Crippen LogP contribution in [0.25, 0.3) is 0 Å². The van der Waals surface area contributed by atoms with Gasteiger partial charge < -0.3 is 5.32 Å². The molecule has 6 heteroatoms. The van der Waals surface area contributed by atoms with Crippen molar-refractivity contribution in [2.24, 2.45) is 5.92 Å². The fraction of sp³-hybridized carbons (Fsp3) is 0.733. The van der Waals surface area contributed by atoms with Crippen LogP contribution in [0.5, 0.6) is 0 Å². The fourth-order valence-corrected chi connectivity index (χ4v) is 5.25. The van der Waals surface area contributed by atoms with E-state index in [1.165, 1.54) is 11.3 Å². The van der Waals surface area contributed by atoms with Crippen LogP contribution in [0.4, 0.5) is 0 Å². The Bertz CT molecular complexity index is 548. The van der Waals surface area contributed by atoms with E-state index in [0.717, 1.165) is 37.9 Å². The van der Waals surface area contributed by atoms with E-state index in [4.69, 9.17) is 0 Å². The fourth-order valence-electron chi connectivity index (χ4n) is 2.21. The van der Waals surface area contributed by atoms with E-state index < -0.39 is 10.0 Å². The molecule has 0 unspecified atom stereocenters. The number of sulfonamides is 1. The lowest BCUT2D eigenvalue weighted by atomic mass is 10.1. The zero-order valence-electron chi connectivity index (χ0n) is 13.1. The topological polar surface area (TPSA) is 49.4 Å². The first-order valence-corrected chi connectivity index (χ1v) is 10.1. The first-order chi connectivity index (χ1) is 9.95. The van der Waals surface area contributed by atoms with Crippen molar-refractivity contribution >= 4 is 21.4 Å². The van der Waals surface area contributed by atoms with Crippen LogP contribution in [0.3, 0.4) is 0 Å². The zero-order valence-corrected chi connectivity index (χ0v) is 14.8. The molecule has 0 saturated heterocycles. The van der Waals surface area contributed by atoms with Gasteiger partial charge in [0, 0.05) is 19.1 Å². The molecule has 120 valence electrons. The maximum absolute atomic E-state index is 12.8. The Morgan fingerprint density at radius 2 is 2.14 bits per heavy atom. The molecular formula is C15H26N2O2S2. The molecule has 0 amide bonds. The smallest absolute Gasteiger partial charge is 0.252 e. The minimum atomic E-state index is -3.31. The molecule has 4 nitrogen and oxygen atoms in total. The second-order valence-electron chi connectivity index (χ2n) is 6.08. The van der Waals surface area contributed by atoms with Gasteiger partial charge in [0.05, 0.1) is 0 Å². The first-order valence-electron chi connectivity index (χ1n) is 7.75. The first kappa shape index (κ1) is 16.9. The molecule has 0 aromatic carbocycles. The highest BCUT2D eigenvalue weighted by molar-refractivity contribution is 7.91. The van der Waals surface area contributed by atoms with Crippen molar-refractivity contribution in [3.63, 3.8) is 0 Å². The van der Waals surface area contributed by atoms with Gasteiger partial charge in [0.1, 0.15) is 4.21 Å². The van der Waals surface area contributed by atoms with Crippen molar-refractivity contribution < 1.29 is 8.42 Å². The Hall–Kier alpha value is -0.430. The van der Waals surface area contributed by atoms with E-state index in [1.807, 2.05) is 18.4 Å². The summed E-state index contributed by atoms with van der Waals surface area (Å²) in [6.07, 6.45) is 2.94. The largest absolute Gasteiger partial charge is 0.313 e. The lowest BCUT2D eigenvalue weighted by molar-refractivity contribution is 0.374. The van der Waals surface area contributed by atoms with Crippen LogP contribution >= 0.6 is 11.3 Å². The van der Waals surface area contributed by atoms with Crippen LogP contribution in [-0.2, 0) is 16.6 Å². The Kier molecular flexibility index (Phi) is 5.82. The molecule has 1 aromatic rings. The summed E-state index contributed by atoms with van der Waals surface area (Å²) in [5.41, 5.74) is 1.06. The molecular weight excluding hydrogens is 304 g/mol. The molecule has 1 aliphatic rings. The van der Waals surface area contributed by atoms with E-state index >= 15 is 0 Å². The van der Waals surface area contributed by atoms with Gasteiger partial charge in [-0.05, 0) is 48.7 Å². The van der Waals surface area contributed by atoms with Gasteiger partial charge in [-0.25, -0.2) is 8.42 Å². The number of nitrogens with zero attached hydrogens (tertiary/aromatic N) is 1. The Morgan fingerprint density at radius 1 is 1.43 bits per heavy atom. The quantitative estimate of drug-likeness (QED) is 0.757. The Morgan fingerprint density at radius 3 is 2.71 bits per heavy atom. The Balaban J connectivity index is 2.12. The second kappa shape index (κ2) is 7.22. The number of rotatable bonds is 9. The van der Waals surface area contributed by atoms with E-state index in [0.29, 0.717) is 16.7 Å². The molecule has 0 aliphatic heterocycles. The summed E-state index contributed by atoms with van der Waals surface area (Å²) in [4.78, 5) is 0. The van der Waals surface area contributed by atoms with Gasteiger partial charge in [-0.1, -0.05) is 20.8 Å². The van der Waals surface area contributed by atoms with Crippen LogP contribution in [0.1, 0.15) is 45.6 Å². The molecule has 0 spiro atoms. The van der Waals surface area contributed by atoms with E-state index in [-0.39, 0.29) is 6.04 Å². The number of thiophene rings is 1. The van der Waals surface area contributed by atoms with Gasteiger partial charge in [0.25, 0.3) is 10.0 Å². The van der Waals surface area contributed by atoms with Gasteiger partial charge in [0.2, 0.25) is 0 Å². The number of hydrogen-bond donors (Lipinski definition) is 1. The molecule has 1 N–H and O–H groups in total. The highest BCUT2D eigenvalue weighted by Crippen LogP contribution is 2.34. The maximum atomic E-state index is 12.8. The summed E-state index contributed by atoms with van der Waals surface area (Å²) in [5, 5.41) is 5.18. The minimum absolute atomic E-state index is 0.230. The summed E-state index contributed by atoms with van der Waals surface area (Å²) < 4.78 is 27.9. The Labute approximate surface area is 132 Å². The minimum Gasteiger partial charge on any atom is -0.313 e. The summed E-state index contributed by atoms with van der Waals surface area (Å²) in [7, 11) is -3.31. The van der Waals surface area contributed by atoms with Gasteiger partial charge in [-0.3, -0.25) is 0 Å². The van der Waals surface area contributed by atoms with Gasteiger partial charge in [-0.2, -0.15) is 4.31 Å². The predicted molar refractivity (Wildman–Crippen MR) is 88.1 cm³/mol. The third kappa shape index (κ3) is 4.52. The normalized spacial score (nSPS) is 16.0. The SMILES string of the molecule is CCNCc1csc(S(=O)(=O)N(CCC(C)C)C2CC2)c1. The average molecular weight is 331 g/mol. The highest BCUT2D eigenvalue weighted by Gasteiger charge is 2.38. The summed E-state index contributed by atoms with van der Waals surface area (Å²) in [6, 6.07) is 2.06. The monoisotopic (exact) mass is 330 g/mol. The molecule has 1 saturated carbocycles. The standard InChI is InChI=1S/C15H26N2O2S2/c1-4-16-10-13-9-15(20-11-13)21(18,19)17(14-5-6-14)8-7-12(2)3/h9,11-12,14,16H,4-8,10H2,1-3H3. The lowest BCUT2D eigenvalue weighted by Crippen LogP contribution is -2.34. The summed E-state index contributed by atoms with van der Waals surface area (Å²) in [6.45, 7) is 8.59. The van der Waals surface area contributed by atoms with Crippen LogP contribution in [0, 0.1) is 5.92 Å². The zero-order chi connectivity index (χ0) is 15.5. The summed E-state index contributed by atoms with van der Waals surface area (Å²) in [5.74, 6) is 0.522. The van der Waals surface area contributed by atoms with Crippen LogP contribution in [0.15, 0.2) is 15.7 Å². The van der Waals surface area contributed by atoms with Gasteiger partial charge >= 0.3 is 0 Å². The van der Waals surface area contributed by atoms with Crippen LogP contribution in [0.2, 0.25) is 0 Å². The van der Waals surface area contributed by atoms with E-state index in [2.05, 4.69) is 19.2 Å². The lowest BCUT2D eigenvalue weighted by Gasteiger charge is -2.21. The molecule has 1 fully saturated rings. The maximum Gasteiger partial charge on any atom is 0.252 e. The van der Waals surface area contributed by atoms with Crippen molar-refractivity contribution in [2.75, 3.05) is 13.1 Å². The third-order valence-electron chi connectivity index (χ3n) is 3.65. The van der Waals surface area contributed by atoms with Crippen LogP contribution < -0.4 is 5.32 Å². The molecule has 1 heterocycles. The molecule has 21 heavy (non-hydrogen) atoms. The van der Waals surface area contributed by atoms with E-state index in [1.54, 1.807) is 4.31 Å². The van der Waals surface area contributed by atoms with Crippen LogP contribution in [-0.4, -0.2) is 31.9 Å². The molecule has 0 bridgehead atoms. The van der Waals surface area contributed by atoms with Crippen molar-refractivity contribution in [3.8, 4) is 0 Å². The van der Waals surface area contributed by atoms with Crippen molar-refractivity contribution in [2.45, 2.75) is 56.8 Å². The number of hydrogen-bond acceptors (Lipinski definition) is 4. The third-order valence-corrected chi connectivity index (χ3v) is 7.07. The van der Waals surface area contributed by atoms with Crippen molar-refractivity contribution in [3.05, 3.63) is 17.0 Å². The highest BCUT2D eigenvalue weighted by atomic mass is 32.2. The molecule has 0 radical (unpaired) electrons. The van der Waals surface area contributed by atoms with Gasteiger partial charge in [-0.15, -0.1) is 11.3 Å². The molecule has 0 atom stereocenters. The molecule has 1 aromatic heterocycles. The van der Waals surface area contributed by atoms with Gasteiger partial charge in [0.15, 0.2) is 0 Å². The predicted octanol–water partition coefficient (Wildman–Crippen LogP) is 3.06. The van der Waals surface area contributed by atoms with E-state index in [9.17, 15) is 8.42 Å². The molecule has 1 aliphatic carbocycles. The second-order valence-corrected chi connectivity index (χ2v) is 9.11. The molecule has 2 rings (SSSR count). The summed E-state index contributed by atoms with van der Waals surface area (Å²) >= 11 is 1.35.